The van der Waals surface area contributed by atoms with Crippen molar-refractivity contribution in [1.82, 2.24) is 4.90 Å². The van der Waals surface area contributed by atoms with Gasteiger partial charge in [-0.1, -0.05) is 18.2 Å². The molecule has 2 unspecified atom stereocenters. The van der Waals surface area contributed by atoms with Crippen molar-refractivity contribution in [1.29, 1.82) is 0 Å². The molecule has 0 radical (unpaired) electrons. The molecule has 0 bridgehead atoms. The third-order valence-electron chi connectivity index (χ3n) is 4.00. The van der Waals surface area contributed by atoms with Crippen LogP contribution in [0.3, 0.4) is 0 Å². The fourth-order valence-electron chi connectivity index (χ4n) is 2.90. The highest BCUT2D eigenvalue weighted by atomic mass is 32.1. The van der Waals surface area contributed by atoms with Gasteiger partial charge in [0.2, 0.25) is 0 Å². The van der Waals surface area contributed by atoms with Gasteiger partial charge in [-0.05, 0) is 48.9 Å². The minimum absolute atomic E-state index is 0.0102. The summed E-state index contributed by atoms with van der Waals surface area (Å²) in [6, 6.07) is 11.8. The Hall–Kier alpha value is -1.23. The molecule has 0 aliphatic heterocycles. The maximum atomic E-state index is 13.2. The molecule has 1 fully saturated rings. The van der Waals surface area contributed by atoms with Crippen molar-refractivity contribution in [3.05, 3.63) is 58.0 Å². The molecule has 1 aliphatic carbocycles. The third-order valence-corrected chi connectivity index (χ3v) is 4.86. The second-order valence-electron chi connectivity index (χ2n) is 5.84. The summed E-state index contributed by atoms with van der Waals surface area (Å²) in [6.45, 7) is 2.96. The fraction of sp³-hybridized carbons (Fsp3) is 0.412. The number of hydrogen-bond acceptors (Lipinski definition) is 3. The molecule has 0 amide bonds. The molecule has 1 aromatic heterocycles. The zero-order valence-electron chi connectivity index (χ0n) is 12.2. The first kappa shape index (κ1) is 14.7. The zero-order chi connectivity index (χ0) is 14.8. The summed E-state index contributed by atoms with van der Waals surface area (Å²) < 4.78 is 13.2. The number of hydrogen-bond donors (Lipinski definition) is 1. The normalized spacial score (nSPS) is 17.9. The Morgan fingerprint density at radius 3 is 2.52 bits per heavy atom. The number of nitrogens with zero attached hydrogens (tertiary/aromatic N) is 1. The van der Waals surface area contributed by atoms with Crippen LogP contribution < -0.4 is 5.73 Å². The minimum Gasteiger partial charge on any atom is -0.326 e. The summed E-state index contributed by atoms with van der Waals surface area (Å²) in [5, 5.41) is 2.11. The Labute approximate surface area is 129 Å². The van der Waals surface area contributed by atoms with Gasteiger partial charge in [-0.15, -0.1) is 11.3 Å². The summed E-state index contributed by atoms with van der Waals surface area (Å²) in [5.74, 6) is -0.196. The van der Waals surface area contributed by atoms with Crippen molar-refractivity contribution >= 4 is 11.3 Å². The van der Waals surface area contributed by atoms with Crippen molar-refractivity contribution in [2.45, 2.75) is 44.4 Å². The van der Waals surface area contributed by atoms with Gasteiger partial charge in [0.05, 0.1) is 6.04 Å². The molecular weight excluding hydrogens is 283 g/mol. The van der Waals surface area contributed by atoms with Crippen LogP contribution in [0.4, 0.5) is 4.39 Å². The average Bonchev–Trinajstić information content (AvgIpc) is 3.18. The van der Waals surface area contributed by atoms with Crippen molar-refractivity contribution < 1.29 is 4.39 Å². The molecule has 2 aromatic rings. The van der Waals surface area contributed by atoms with Crippen LogP contribution in [0.25, 0.3) is 0 Å². The van der Waals surface area contributed by atoms with Gasteiger partial charge in [0, 0.05) is 23.5 Å². The first-order valence-electron chi connectivity index (χ1n) is 7.44. The highest BCUT2D eigenvalue weighted by Crippen LogP contribution is 2.37. The van der Waals surface area contributed by atoms with Crippen LogP contribution in [0.5, 0.6) is 0 Å². The predicted octanol–water partition coefficient (Wildman–Crippen LogP) is 3.94. The second-order valence-corrected chi connectivity index (χ2v) is 6.87. The highest BCUT2D eigenvalue weighted by molar-refractivity contribution is 7.09. The van der Waals surface area contributed by atoms with E-state index in [-0.39, 0.29) is 17.9 Å². The Bertz CT molecular complexity index is 561. The van der Waals surface area contributed by atoms with Gasteiger partial charge in [0.25, 0.3) is 0 Å². The van der Waals surface area contributed by atoms with E-state index in [1.54, 1.807) is 11.3 Å². The number of nitrogens with two attached hydrogens (primary N) is 1. The lowest BCUT2D eigenvalue weighted by Crippen LogP contribution is -2.40. The minimum atomic E-state index is -0.196. The van der Waals surface area contributed by atoms with Crippen LogP contribution >= 0.6 is 11.3 Å². The molecule has 0 saturated heterocycles. The second kappa shape index (κ2) is 6.26. The molecule has 3 rings (SSSR count). The molecule has 112 valence electrons. The molecule has 4 heteroatoms. The van der Waals surface area contributed by atoms with Gasteiger partial charge >= 0.3 is 0 Å². The number of rotatable bonds is 6. The molecular formula is C17H21FN2S. The Kier molecular flexibility index (Phi) is 4.38. The first-order valence-corrected chi connectivity index (χ1v) is 8.32. The summed E-state index contributed by atoms with van der Waals surface area (Å²) in [7, 11) is 0. The van der Waals surface area contributed by atoms with E-state index in [0.29, 0.717) is 6.04 Å². The summed E-state index contributed by atoms with van der Waals surface area (Å²) in [4.78, 5) is 3.85. The molecule has 21 heavy (non-hydrogen) atoms. The van der Waals surface area contributed by atoms with E-state index in [9.17, 15) is 4.39 Å². The van der Waals surface area contributed by atoms with Crippen LogP contribution in [0.1, 0.15) is 36.2 Å². The van der Waals surface area contributed by atoms with Crippen LogP contribution in [-0.4, -0.2) is 17.0 Å². The number of halogens is 1. The third kappa shape index (κ3) is 3.51. The molecule has 2 nitrogen and oxygen atoms in total. The molecule has 0 spiro atoms. The SMILES string of the molecule is CC(N)C(c1ccc(F)cc1)N(Cc1cccs1)C1CC1. The van der Waals surface area contributed by atoms with Crippen LogP contribution in [-0.2, 0) is 6.54 Å². The maximum Gasteiger partial charge on any atom is 0.123 e. The Morgan fingerprint density at radius 2 is 2.00 bits per heavy atom. The van der Waals surface area contributed by atoms with Crippen molar-refractivity contribution in [3.8, 4) is 0 Å². The van der Waals surface area contributed by atoms with Crippen LogP contribution in [0.15, 0.2) is 41.8 Å². The quantitative estimate of drug-likeness (QED) is 0.876. The van der Waals surface area contributed by atoms with Gasteiger partial charge in [-0.3, -0.25) is 4.90 Å². The molecule has 1 aliphatic rings. The van der Waals surface area contributed by atoms with E-state index in [2.05, 4.69) is 22.4 Å². The topological polar surface area (TPSA) is 29.3 Å². The van der Waals surface area contributed by atoms with Gasteiger partial charge in [-0.25, -0.2) is 4.39 Å². The standard InChI is InChI=1S/C17H21FN2S/c1-12(19)17(13-4-6-14(18)7-5-13)20(15-8-9-15)11-16-3-2-10-21-16/h2-7,10,12,15,17H,8-9,11,19H2,1H3. The first-order chi connectivity index (χ1) is 10.1. The maximum absolute atomic E-state index is 13.2. The lowest BCUT2D eigenvalue weighted by atomic mass is 9.98. The predicted molar refractivity (Wildman–Crippen MR) is 85.7 cm³/mol. The zero-order valence-corrected chi connectivity index (χ0v) is 13.0. The van der Waals surface area contributed by atoms with Gasteiger partial charge in [0.15, 0.2) is 0 Å². The van der Waals surface area contributed by atoms with Gasteiger partial charge in [0.1, 0.15) is 5.82 Å². The molecule has 2 N–H and O–H groups in total. The Balaban J connectivity index is 1.87. The smallest absolute Gasteiger partial charge is 0.123 e. The van der Waals surface area contributed by atoms with E-state index in [4.69, 9.17) is 5.73 Å². The average molecular weight is 304 g/mol. The van der Waals surface area contributed by atoms with Crippen molar-refractivity contribution in [3.63, 3.8) is 0 Å². The van der Waals surface area contributed by atoms with E-state index < -0.39 is 0 Å². The number of benzene rings is 1. The number of thiophene rings is 1. The largest absolute Gasteiger partial charge is 0.326 e. The summed E-state index contributed by atoms with van der Waals surface area (Å²) in [5.41, 5.74) is 7.38. The molecule has 1 saturated carbocycles. The fourth-order valence-corrected chi connectivity index (χ4v) is 3.61. The summed E-state index contributed by atoms with van der Waals surface area (Å²) >= 11 is 1.78. The van der Waals surface area contributed by atoms with Crippen LogP contribution in [0.2, 0.25) is 0 Å². The van der Waals surface area contributed by atoms with Crippen molar-refractivity contribution in [2.75, 3.05) is 0 Å². The molecule has 1 heterocycles. The van der Waals surface area contributed by atoms with E-state index in [0.717, 1.165) is 12.1 Å². The molecule has 2 atom stereocenters. The van der Waals surface area contributed by atoms with Gasteiger partial charge in [-0.2, -0.15) is 0 Å². The Morgan fingerprint density at radius 1 is 1.29 bits per heavy atom. The monoisotopic (exact) mass is 304 g/mol. The van der Waals surface area contributed by atoms with E-state index in [1.807, 2.05) is 19.1 Å². The highest BCUT2D eigenvalue weighted by Gasteiger charge is 2.36. The van der Waals surface area contributed by atoms with Crippen LogP contribution in [0, 0.1) is 5.82 Å². The van der Waals surface area contributed by atoms with E-state index >= 15 is 0 Å². The lowest BCUT2D eigenvalue weighted by Gasteiger charge is -2.34. The van der Waals surface area contributed by atoms with E-state index in [1.165, 1.54) is 29.9 Å². The molecule has 1 aromatic carbocycles. The summed E-state index contributed by atoms with van der Waals surface area (Å²) in [6.07, 6.45) is 2.46. The van der Waals surface area contributed by atoms with Crippen molar-refractivity contribution in [2.24, 2.45) is 5.73 Å². The lowest BCUT2D eigenvalue weighted by molar-refractivity contribution is 0.159. The van der Waals surface area contributed by atoms with Gasteiger partial charge < -0.3 is 5.73 Å².